The lowest BCUT2D eigenvalue weighted by Crippen LogP contribution is -2.53. The Morgan fingerprint density at radius 2 is 1.72 bits per heavy atom. The van der Waals surface area contributed by atoms with Crippen LogP contribution < -0.4 is 5.32 Å². The van der Waals surface area contributed by atoms with Gasteiger partial charge >= 0.3 is 0 Å². The molecule has 1 aliphatic heterocycles. The second kappa shape index (κ2) is 8.79. The number of hydrogen-bond donors (Lipinski definition) is 1. The van der Waals surface area contributed by atoms with Crippen LogP contribution in [0.3, 0.4) is 0 Å². The fraction of sp³-hybridized carbons (Fsp3) is 0.350. The summed E-state index contributed by atoms with van der Waals surface area (Å²) in [7, 11) is -3.60. The van der Waals surface area contributed by atoms with Crippen LogP contribution in [0.4, 0.5) is 10.1 Å². The average Bonchev–Trinajstić information content (AvgIpc) is 2.70. The van der Waals surface area contributed by atoms with Crippen LogP contribution in [0.5, 0.6) is 0 Å². The Balaban J connectivity index is 1.61. The van der Waals surface area contributed by atoms with Gasteiger partial charge in [-0.05, 0) is 55.8 Å². The van der Waals surface area contributed by atoms with Crippen LogP contribution in [0, 0.1) is 12.7 Å². The normalized spacial score (nSPS) is 17.1. The number of piperazine rings is 1. The van der Waals surface area contributed by atoms with Gasteiger partial charge in [0.15, 0.2) is 0 Å². The molecule has 2 aromatic carbocycles. The number of aryl methyl sites for hydroxylation is 1. The Bertz CT molecular complexity index is 991. The Hall–Kier alpha value is -2.00. The summed E-state index contributed by atoms with van der Waals surface area (Å²) in [5.41, 5.74) is 1.21. The zero-order chi connectivity index (χ0) is 21.2. The molecule has 0 aliphatic carbocycles. The highest BCUT2D eigenvalue weighted by atomic mass is 35.5. The second-order valence-electron chi connectivity index (χ2n) is 7.02. The highest BCUT2D eigenvalue weighted by molar-refractivity contribution is 7.89. The second-order valence-corrected chi connectivity index (χ2v) is 9.39. The van der Waals surface area contributed by atoms with Crippen molar-refractivity contribution < 1.29 is 17.6 Å². The van der Waals surface area contributed by atoms with Gasteiger partial charge in [0.25, 0.3) is 0 Å². The fourth-order valence-corrected chi connectivity index (χ4v) is 4.77. The van der Waals surface area contributed by atoms with Crippen molar-refractivity contribution in [1.82, 2.24) is 9.21 Å². The third-order valence-corrected chi connectivity index (χ3v) is 7.27. The largest absolute Gasteiger partial charge is 0.324 e. The topological polar surface area (TPSA) is 69.7 Å². The molecule has 9 heteroatoms. The van der Waals surface area contributed by atoms with Crippen molar-refractivity contribution in [3.05, 3.63) is 58.9 Å². The van der Waals surface area contributed by atoms with E-state index in [2.05, 4.69) is 5.32 Å². The zero-order valence-electron chi connectivity index (χ0n) is 16.2. The molecule has 1 amide bonds. The van der Waals surface area contributed by atoms with Crippen molar-refractivity contribution in [1.29, 1.82) is 0 Å². The number of amides is 1. The van der Waals surface area contributed by atoms with Crippen LogP contribution >= 0.6 is 11.6 Å². The monoisotopic (exact) mass is 439 g/mol. The van der Waals surface area contributed by atoms with Crippen molar-refractivity contribution in [2.75, 3.05) is 31.5 Å². The van der Waals surface area contributed by atoms with Crippen LogP contribution in [0.2, 0.25) is 5.02 Å². The summed E-state index contributed by atoms with van der Waals surface area (Å²) in [6, 6.07) is 9.83. The molecule has 0 saturated carbocycles. The molecular formula is C20H23ClFN3O3S. The number of carbonyl (C=O) groups excluding carboxylic acids is 1. The molecule has 156 valence electrons. The highest BCUT2D eigenvalue weighted by Gasteiger charge is 2.31. The van der Waals surface area contributed by atoms with Crippen molar-refractivity contribution in [2.45, 2.75) is 24.8 Å². The van der Waals surface area contributed by atoms with Gasteiger partial charge in [-0.1, -0.05) is 17.7 Å². The Labute approximate surface area is 175 Å². The Morgan fingerprint density at radius 3 is 2.34 bits per heavy atom. The van der Waals surface area contributed by atoms with Gasteiger partial charge in [-0.2, -0.15) is 4.31 Å². The molecule has 1 aliphatic rings. The van der Waals surface area contributed by atoms with Gasteiger partial charge in [0, 0.05) is 36.9 Å². The molecule has 0 bridgehead atoms. The fourth-order valence-electron chi connectivity index (χ4n) is 3.22. The predicted molar refractivity (Wildman–Crippen MR) is 111 cm³/mol. The molecule has 0 spiro atoms. The van der Waals surface area contributed by atoms with E-state index in [9.17, 15) is 17.6 Å². The summed E-state index contributed by atoms with van der Waals surface area (Å²) in [5, 5.41) is 3.23. The molecule has 29 heavy (non-hydrogen) atoms. The van der Waals surface area contributed by atoms with E-state index in [4.69, 9.17) is 11.6 Å². The predicted octanol–water partition coefficient (Wildman–Crippen LogP) is 3.12. The first kappa shape index (κ1) is 21.7. The first-order valence-corrected chi connectivity index (χ1v) is 11.1. The van der Waals surface area contributed by atoms with E-state index in [0.29, 0.717) is 23.8 Å². The molecule has 1 N–H and O–H groups in total. The zero-order valence-corrected chi connectivity index (χ0v) is 17.8. The maximum atomic E-state index is 13.4. The molecule has 0 radical (unpaired) electrons. The first-order valence-electron chi connectivity index (χ1n) is 9.25. The van der Waals surface area contributed by atoms with Gasteiger partial charge in [0.05, 0.1) is 10.9 Å². The summed E-state index contributed by atoms with van der Waals surface area (Å²) in [6.07, 6.45) is 0. The van der Waals surface area contributed by atoms with E-state index in [1.807, 2.05) is 4.90 Å². The van der Waals surface area contributed by atoms with Crippen molar-refractivity contribution in [2.24, 2.45) is 0 Å². The number of sulfonamides is 1. The molecule has 2 aromatic rings. The van der Waals surface area contributed by atoms with Crippen LogP contribution in [0.1, 0.15) is 12.5 Å². The van der Waals surface area contributed by atoms with E-state index in [1.54, 1.807) is 32.0 Å². The molecule has 1 atom stereocenters. The third kappa shape index (κ3) is 4.95. The molecule has 6 nitrogen and oxygen atoms in total. The molecule has 1 saturated heterocycles. The standard InChI is InChI=1S/C20H23ClFN3O3S/c1-14-3-6-17(22)13-19(14)23-20(26)15(2)24-9-11-25(12-10-24)29(27,28)18-7-4-16(21)5-8-18/h3-8,13,15H,9-12H2,1-2H3,(H,23,26). The van der Waals surface area contributed by atoms with Gasteiger partial charge in [0.2, 0.25) is 15.9 Å². The number of rotatable bonds is 5. The summed E-state index contributed by atoms with van der Waals surface area (Å²) in [4.78, 5) is 14.7. The van der Waals surface area contributed by atoms with Crippen LogP contribution in [0.15, 0.2) is 47.4 Å². The summed E-state index contributed by atoms with van der Waals surface area (Å²) in [6.45, 7) is 4.95. The van der Waals surface area contributed by atoms with Crippen LogP contribution in [0.25, 0.3) is 0 Å². The summed E-state index contributed by atoms with van der Waals surface area (Å²) >= 11 is 5.83. The van der Waals surface area contributed by atoms with Crippen molar-refractivity contribution in [3.63, 3.8) is 0 Å². The molecule has 1 heterocycles. The van der Waals surface area contributed by atoms with E-state index in [-0.39, 0.29) is 23.9 Å². The van der Waals surface area contributed by atoms with Crippen molar-refractivity contribution in [3.8, 4) is 0 Å². The van der Waals surface area contributed by atoms with Gasteiger partial charge in [-0.25, -0.2) is 12.8 Å². The van der Waals surface area contributed by atoms with Gasteiger partial charge in [-0.15, -0.1) is 0 Å². The number of halogens is 2. The van der Waals surface area contributed by atoms with Gasteiger partial charge < -0.3 is 5.32 Å². The third-order valence-electron chi connectivity index (χ3n) is 5.11. The van der Waals surface area contributed by atoms with E-state index >= 15 is 0 Å². The number of nitrogens with zero attached hydrogens (tertiary/aromatic N) is 2. The molecule has 1 fully saturated rings. The maximum absolute atomic E-state index is 13.4. The number of anilines is 1. The number of carbonyl (C=O) groups is 1. The highest BCUT2D eigenvalue weighted by Crippen LogP contribution is 2.21. The molecule has 3 rings (SSSR count). The van der Waals surface area contributed by atoms with Gasteiger partial charge in [0.1, 0.15) is 5.82 Å². The molecular weight excluding hydrogens is 417 g/mol. The first-order chi connectivity index (χ1) is 13.7. The minimum Gasteiger partial charge on any atom is -0.324 e. The van der Waals surface area contributed by atoms with Gasteiger partial charge in [-0.3, -0.25) is 9.69 Å². The average molecular weight is 440 g/mol. The van der Waals surface area contributed by atoms with Crippen LogP contribution in [-0.4, -0.2) is 55.8 Å². The quantitative estimate of drug-likeness (QED) is 0.777. The summed E-state index contributed by atoms with van der Waals surface area (Å²) in [5.74, 6) is -0.674. The van der Waals surface area contributed by atoms with Crippen molar-refractivity contribution >= 4 is 33.2 Å². The lowest BCUT2D eigenvalue weighted by molar-refractivity contribution is -0.121. The number of benzene rings is 2. The minimum atomic E-state index is -3.60. The lowest BCUT2D eigenvalue weighted by atomic mass is 10.1. The number of nitrogens with one attached hydrogen (secondary N) is 1. The summed E-state index contributed by atoms with van der Waals surface area (Å²) < 4.78 is 40.4. The smallest absolute Gasteiger partial charge is 0.243 e. The minimum absolute atomic E-state index is 0.197. The maximum Gasteiger partial charge on any atom is 0.243 e. The number of hydrogen-bond acceptors (Lipinski definition) is 4. The van der Waals surface area contributed by atoms with E-state index in [0.717, 1.165) is 5.56 Å². The SMILES string of the molecule is Cc1ccc(F)cc1NC(=O)C(C)N1CCN(S(=O)(=O)c2ccc(Cl)cc2)CC1. The lowest BCUT2D eigenvalue weighted by Gasteiger charge is -2.36. The van der Waals surface area contributed by atoms with Crippen LogP contribution in [-0.2, 0) is 14.8 Å². The van der Waals surface area contributed by atoms with E-state index < -0.39 is 21.9 Å². The van der Waals surface area contributed by atoms with E-state index in [1.165, 1.54) is 28.6 Å². The Morgan fingerprint density at radius 1 is 1.10 bits per heavy atom. The Kier molecular flexibility index (Phi) is 6.58. The molecule has 0 aromatic heterocycles. The molecule has 1 unspecified atom stereocenters.